The fraction of sp³-hybridized carbons (Fsp3) is 0.978. The number of carbonyl (C=O) groups excluding carboxylic acids is 1. The van der Waals surface area contributed by atoms with E-state index in [2.05, 4.69) is 28.8 Å². The quantitative estimate of drug-likeness (QED) is 0.0229. The predicted molar refractivity (Wildman–Crippen MR) is 252 cm³/mol. The largest absolute Gasteiger partial charge is 0.474 e. The molecule has 0 aliphatic carbocycles. The van der Waals surface area contributed by atoms with Gasteiger partial charge in [-0.15, -0.1) is 0 Å². The molecule has 1 heterocycles. The van der Waals surface area contributed by atoms with Gasteiger partial charge in [-0.3, -0.25) is 18.1 Å². The van der Waals surface area contributed by atoms with E-state index < -0.39 is 70.4 Å². The number of rotatable bonds is 36. The molecule has 0 radical (unpaired) electrons. The van der Waals surface area contributed by atoms with E-state index in [1.165, 1.54) is 130 Å². The molecule has 7 N–H and O–H groups in total. The average Bonchev–Trinajstić information content (AvgIpc) is 3.57. The number of amides is 1. The third-order valence-electron chi connectivity index (χ3n) is 10.6. The highest BCUT2D eigenvalue weighted by molar-refractivity contribution is 7.50. The van der Waals surface area contributed by atoms with Crippen LogP contribution < -0.4 is 10.4 Å². The van der Waals surface area contributed by atoms with E-state index in [0.29, 0.717) is 12.8 Å². The van der Waals surface area contributed by atoms with E-state index in [4.69, 9.17) is 18.3 Å². The molecule has 1 fully saturated rings. The van der Waals surface area contributed by atoms with Crippen LogP contribution in [0.2, 0.25) is 0 Å². The number of hydrogen-bond donors (Lipinski definition) is 7. The van der Waals surface area contributed by atoms with Crippen molar-refractivity contribution in [1.82, 2.24) is 10.4 Å². The summed E-state index contributed by atoms with van der Waals surface area (Å²) in [5, 5.41) is 46.0. The van der Waals surface area contributed by atoms with Crippen molar-refractivity contribution in [3.05, 3.63) is 0 Å². The average molecular weight is 937 g/mol. The van der Waals surface area contributed by atoms with Crippen molar-refractivity contribution in [2.24, 2.45) is 0 Å². The fourth-order valence-electron chi connectivity index (χ4n) is 6.94. The van der Waals surface area contributed by atoms with Crippen LogP contribution in [0.4, 0.5) is 4.79 Å². The molecule has 62 heavy (non-hydrogen) atoms. The molecule has 1 saturated heterocycles. The lowest BCUT2D eigenvalue weighted by molar-refractivity contribution is -0.0255. The van der Waals surface area contributed by atoms with E-state index in [9.17, 15) is 39.2 Å². The fourth-order valence-corrected chi connectivity index (χ4v) is 8.73. The van der Waals surface area contributed by atoms with Crippen LogP contribution in [0.15, 0.2) is 0 Å². The molecule has 0 spiro atoms. The molecular weight excluding hydrogens is 838 g/mol. The van der Waals surface area contributed by atoms with Crippen molar-refractivity contribution in [3.8, 4) is 0 Å². The van der Waals surface area contributed by atoms with Crippen LogP contribution in [0, 0.1) is 0 Å². The number of alkyl carbamates (subject to hydrolysis) is 1. The summed E-state index contributed by atoms with van der Waals surface area (Å²) < 4.78 is 48.0. The Morgan fingerprint density at radius 2 is 1.08 bits per heavy atom. The van der Waals surface area contributed by atoms with Crippen molar-refractivity contribution in [1.29, 1.82) is 0 Å². The number of aliphatic hydroxyl groups is 4. The van der Waals surface area contributed by atoms with Crippen molar-refractivity contribution >= 4 is 21.7 Å². The zero-order valence-electron chi connectivity index (χ0n) is 38.7. The second kappa shape index (κ2) is 39.5. The molecule has 0 bridgehead atoms. The number of hydrogen-bond acceptors (Lipinski definition) is 12. The van der Waals surface area contributed by atoms with Crippen molar-refractivity contribution in [2.75, 3.05) is 27.4 Å². The highest BCUT2D eigenvalue weighted by Crippen LogP contribution is 2.47. The number of nitrogens with one attached hydrogen (secondary N) is 2. The van der Waals surface area contributed by atoms with Gasteiger partial charge in [0.2, 0.25) is 0 Å². The molecule has 7 atom stereocenters. The predicted octanol–water partition coefficient (Wildman–Crippen LogP) is 11.3. The van der Waals surface area contributed by atoms with Gasteiger partial charge in [-0.05, 0) is 33.6 Å². The summed E-state index contributed by atoms with van der Waals surface area (Å²) in [6.45, 7) is 9.16. The van der Waals surface area contributed by atoms with Gasteiger partial charge in [0, 0.05) is 14.2 Å². The molecule has 1 unspecified atom stereocenters. The Morgan fingerprint density at radius 1 is 0.710 bits per heavy atom. The molecule has 0 aromatic carbocycles. The monoisotopic (exact) mass is 937 g/mol. The molecular formula is C45H98N2O13P2. The first-order valence-electron chi connectivity index (χ1n) is 23.3. The van der Waals surface area contributed by atoms with E-state index in [1.807, 2.05) is 0 Å². The molecule has 0 aromatic heterocycles. The highest BCUT2D eigenvalue weighted by atomic mass is 31.2. The molecule has 1 rings (SSSR count). The third kappa shape index (κ3) is 35.6. The summed E-state index contributed by atoms with van der Waals surface area (Å²) in [7, 11) is -5.26. The van der Waals surface area contributed by atoms with Crippen LogP contribution in [0.3, 0.4) is 0 Å². The Hall–Kier alpha value is -0.670. The molecule has 1 amide bonds. The van der Waals surface area contributed by atoms with Crippen LogP contribution in [0.25, 0.3) is 0 Å². The lowest BCUT2D eigenvalue weighted by Crippen LogP contribution is -2.52. The van der Waals surface area contributed by atoms with Crippen LogP contribution in [0.1, 0.15) is 216 Å². The number of phosphoric ester groups is 1. The Labute approximate surface area is 379 Å². The maximum Gasteiger partial charge on any atom is 0.474 e. The summed E-state index contributed by atoms with van der Waals surface area (Å²) in [4.78, 5) is 21.4. The maximum atomic E-state index is 12.2. The smallest absolute Gasteiger partial charge is 0.444 e. The van der Waals surface area contributed by atoms with Gasteiger partial charge in [0.15, 0.2) is 0 Å². The van der Waals surface area contributed by atoms with E-state index >= 15 is 0 Å². The van der Waals surface area contributed by atoms with Gasteiger partial charge in [-0.1, -0.05) is 183 Å². The minimum atomic E-state index is -3.82. The van der Waals surface area contributed by atoms with E-state index in [1.54, 1.807) is 20.8 Å². The zero-order chi connectivity index (χ0) is 45.3. The zero-order valence-corrected chi connectivity index (χ0v) is 40.4. The summed E-state index contributed by atoms with van der Waals surface area (Å²) in [6, 6.07) is -1.75. The van der Waals surface area contributed by atoms with Gasteiger partial charge in [-0.2, -0.15) is 0 Å². The van der Waals surface area contributed by atoms with Crippen LogP contribution in [-0.2, 0) is 32.0 Å². The summed E-state index contributed by atoms with van der Waals surface area (Å²) in [5.74, 6) is 0. The van der Waals surface area contributed by atoms with E-state index in [-0.39, 0.29) is 21.5 Å². The number of carbonyl (C=O) groups is 1. The summed E-state index contributed by atoms with van der Waals surface area (Å²) >= 11 is 0. The van der Waals surface area contributed by atoms with Gasteiger partial charge in [0.25, 0.3) is 0 Å². The second-order valence-corrected chi connectivity index (χ2v) is 20.8. The molecule has 376 valence electrons. The minimum Gasteiger partial charge on any atom is -0.444 e. The Kier molecular flexibility index (Phi) is 41.8. The number of ether oxygens (including phenoxy) is 1. The first-order valence-corrected chi connectivity index (χ1v) is 26.3. The Bertz CT molecular complexity index is 1130. The molecule has 1 aliphatic rings. The molecule has 17 heteroatoms. The van der Waals surface area contributed by atoms with Gasteiger partial charge in [-0.25, -0.2) is 19.0 Å². The SMILES string of the molecule is C.C.CCCCCCCCCCCCCC[C@@H](O)[C@@H](O)[C@@H]1COP(=O)(O)N1.CCCCCCCCCCCCCC[C@@H](O)[C@@H](O)[C@H](COP(=O)(OC)OC)NC(=O)OC(C)(C)C. The van der Waals surface area contributed by atoms with Gasteiger partial charge in [0.1, 0.15) is 11.7 Å². The third-order valence-corrected chi connectivity index (χ3v) is 13.2. The minimum absolute atomic E-state index is 0. The number of unbranched alkanes of at least 4 members (excludes halogenated alkanes) is 22. The normalized spacial score (nSPS) is 18.9. The summed E-state index contributed by atoms with van der Waals surface area (Å²) in [5.41, 5.74) is -0.748. The number of phosphoric acid groups is 1. The Morgan fingerprint density at radius 3 is 1.42 bits per heavy atom. The molecule has 0 saturated carbocycles. The van der Waals surface area contributed by atoms with Crippen LogP contribution in [-0.4, -0.2) is 101 Å². The van der Waals surface area contributed by atoms with Crippen LogP contribution >= 0.6 is 15.6 Å². The van der Waals surface area contributed by atoms with Crippen molar-refractivity contribution in [2.45, 2.75) is 259 Å². The van der Waals surface area contributed by atoms with E-state index in [0.717, 1.165) is 38.5 Å². The number of aliphatic hydroxyl groups excluding tert-OH is 4. The lowest BCUT2D eigenvalue weighted by atomic mass is 9.99. The maximum absolute atomic E-state index is 12.2. The first kappa shape index (κ1) is 65.6. The second-order valence-electron chi connectivity index (χ2n) is 17.4. The summed E-state index contributed by atoms with van der Waals surface area (Å²) in [6.07, 6.45) is 25.2. The first-order chi connectivity index (χ1) is 28.4. The van der Waals surface area contributed by atoms with Crippen LogP contribution in [0.5, 0.6) is 0 Å². The molecule has 1 aliphatic heterocycles. The van der Waals surface area contributed by atoms with Crippen molar-refractivity contribution < 1.29 is 62.1 Å². The van der Waals surface area contributed by atoms with Gasteiger partial charge < -0.3 is 35.4 Å². The van der Waals surface area contributed by atoms with Gasteiger partial charge >= 0.3 is 21.7 Å². The van der Waals surface area contributed by atoms with Crippen molar-refractivity contribution in [3.63, 3.8) is 0 Å². The molecule has 0 aromatic rings. The Balaban J connectivity index is -0.00000114. The lowest BCUT2D eigenvalue weighted by Gasteiger charge is -2.29. The topological polar surface area (TPSA) is 223 Å². The highest BCUT2D eigenvalue weighted by Gasteiger charge is 2.39. The standard InChI is InChI=1S/C25H52NO8P.C18H38NO5P.2CH4/c1-7-8-9-10-11-12-13-14-15-16-17-18-19-22(27)23(28)21(20-33-35(30,31-5)32-6)26-24(29)34-25(2,3)4;1-2-3-4-5-6-7-8-9-10-11-12-13-14-17(20)18(21)16-15-24-25(22,23)19-16;;/h21-23,27-28H,7-20H2,1-6H3,(H,26,29);16-18,20-21H,2-15H2,1H3,(H2,19,22,23);2*1H4/t21-,22+,23-;16-,17+,18-;;/m00../s1. The van der Waals surface area contributed by atoms with Gasteiger partial charge in [0.05, 0.1) is 43.6 Å². The molecule has 15 nitrogen and oxygen atoms in total.